The number of amides is 2. The van der Waals surface area contributed by atoms with Crippen LogP contribution < -0.4 is 0 Å². The first-order chi connectivity index (χ1) is 6.43. The summed E-state index contributed by atoms with van der Waals surface area (Å²) < 4.78 is 18.1. The lowest BCUT2D eigenvalue weighted by Gasteiger charge is -2.25. The number of imide groups is 1. The van der Waals surface area contributed by atoms with Crippen LogP contribution in [0.5, 0.6) is 0 Å². The van der Waals surface area contributed by atoms with Crippen molar-refractivity contribution in [3.8, 4) is 0 Å². The molecule has 2 amide bonds. The van der Waals surface area contributed by atoms with Crippen LogP contribution in [0.1, 0.15) is 19.8 Å². The minimum atomic E-state index is -2.61. The van der Waals surface area contributed by atoms with E-state index >= 15 is 0 Å². The Hall–Kier alpha value is -1.46. The highest BCUT2D eigenvalue weighted by molar-refractivity contribution is 6.02. The van der Waals surface area contributed by atoms with E-state index in [0.29, 0.717) is 4.90 Å². The van der Waals surface area contributed by atoms with E-state index in [9.17, 15) is 18.8 Å². The molecule has 1 unspecified atom stereocenters. The third-order valence-electron chi connectivity index (χ3n) is 2.09. The van der Waals surface area contributed by atoms with Crippen molar-refractivity contribution < 1.29 is 23.5 Å². The Balaban J connectivity index is 3.04. The standard InChI is InChI=1S/C8H10FNO4/c1-5(11)10-6(12)3-4-8(10,9)7(13)14-2/h3-4H2,1-2H3. The van der Waals surface area contributed by atoms with Crippen LogP contribution >= 0.6 is 0 Å². The highest BCUT2D eigenvalue weighted by atomic mass is 19.1. The topological polar surface area (TPSA) is 63.7 Å². The summed E-state index contributed by atoms with van der Waals surface area (Å²) in [5.74, 6) is -5.30. The molecule has 0 saturated carbocycles. The van der Waals surface area contributed by atoms with Gasteiger partial charge in [-0.25, -0.2) is 14.1 Å². The molecule has 0 aromatic heterocycles. The van der Waals surface area contributed by atoms with Gasteiger partial charge in [0.25, 0.3) is 5.79 Å². The Morgan fingerprint density at radius 1 is 1.57 bits per heavy atom. The molecule has 1 heterocycles. The van der Waals surface area contributed by atoms with Gasteiger partial charge in [0, 0.05) is 19.8 Å². The van der Waals surface area contributed by atoms with Gasteiger partial charge < -0.3 is 4.74 Å². The van der Waals surface area contributed by atoms with Gasteiger partial charge in [-0.1, -0.05) is 0 Å². The van der Waals surface area contributed by atoms with Crippen molar-refractivity contribution in [3.05, 3.63) is 0 Å². The molecule has 0 radical (unpaired) electrons. The van der Waals surface area contributed by atoms with Crippen molar-refractivity contribution in [2.45, 2.75) is 25.6 Å². The highest BCUT2D eigenvalue weighted by Crippen LogP contribution is 2.32. The normalized spacial score (nSPS) is 26.5. The zero-order valence-corrected chi connectivity index (χ0v) is 7.87. The van der Waals surface area contributed by atoms with Crippen LogP contribution in [-0.2, 0) is 19.1 Å². The number of halogens is 1. The summed E-state index contributed by atoms with van der Waals surface area (Å²) in [4.78, 5) is 33.4. The molecule has 1 fully saturated rings. The average molecular weight is 203 g/mol. The van der Waals surface area contributed by atoms with E-state index in [2.05, 4.69) is 4.74 Å². The summed E-state index contributed by atoms with van der Waals surface area (Å²) >= 11 is 0. The van der Waals surface area contributed by atoms with E-state index in [0.717, 1.165) is 14.0 Å². The number of likely N-dealkylation sites (tertiary alicyclic amines) is 1. The van der Waals surface area contributed by atoms with Gasteiger partial charge in [0.15, 0.2) is 0 Å². The van der Waals surface area contributed by atoms with Gasteiger partial charge in [0.1, 0.15) is 0 Å². The first kappa shape index (κ1) is 10.6. The molecule has 1 aliphatic heterocycles. The summed E-state index contributed by atoms with van der Waals surface area (Å²) in [5, 5.41) is 0. The molecule has 0 aliphatic carbocycles. The maximum absolute atomic E-state index is 13.9. The Kier molecular flexibility index (Phi) is 2.55. The molecule has 78 valence electrons. The number of hydrogen-bond donors (Lipinski definition) is 0. The number of carbonyl (C=O) groups excluding carboxylic acids is 3. The second-order valence-electron chi connectivity index (χ2n) is 3.00. The largest absolute Gasteiger partial charge is 0.465 e. The van der Waals surface area contributed by atoms with E-state index in [1.807, 2.05) is 0 Å². The van der Waals surface area contributed by atoms with Crippen LogP contribution in [-0.4, -0.2) is 35.6 Å². The minimum Gasteiger partial charge on any atom is -0.465 e. The summed E-state index contributed by atoms with van der Waals surface area (Å²) in [7, 11) is 1.00. The Bertz CT molecular complexity index is 304. The molecule has 0 aromatic carbocycles. The van der Waals surface area contributed by atoms with E-state index in [-0.39, 0.29) is 12.8 Å². The molecule has 14 heavy (non-hydrogen) atoms. The second-order valence-corrected chi connectivity index (χ2v) is 3.00. The second kappa shape index (κ2) is 3.36. The minimum absolute atomic E-state index is 0.162. The van der Waals surface area contributed by atoms with Gasteiger partial charge in [-0.15, -0.1) is 0 Å². The smallest absolute Gasteiger partial charge is 0.365 e. The third-order valence-corrected chi connectivity index (χ3v) is 2.09. The molecule has 5 nitrogen and oxygen atoms in total. The van der Waals surface area contributed by atoms with Crippen molar-refractivity contribution in [1.29, 1.82) is 0 Å². The van der Waals surface area contributed by atoms with Crippen LogP contribution in [0.3, 0.4) is 0 Å². The van der Waals surface area contributed by atoms with Gasteiger partial charge in [0.05, 0.1) is 7.11 Å². The van der Waals surface area contributed by atoms with Crippen LogP contribution in [0.25, 0.3) is 0 Å². The molecule has 1 aliphatic rings. The quantitative estimate of drug-likeness (QED) is 0.444. The van der Waals surface area contributed by atoms with Gasteiger partial charge in [-0.2, -0.15) is 0 Å². The van der Waals surface area contributed by atoms with E-state index in [1.165, 1.54) is 0 Å². The molecule has 6 heteroatoms. The van der Waals surface area contributed by atoms with Crippen molar-refractivity contribution in [2.24, 2.45) is 0 Å². The number of rotatable bonds is 1. The number of carbonyl (C=O) groups is 3. The van der Waals surface area contributed by atoms with Gasteiger partial charge in [-0.3, -0.25) is 9.59 Å². The zero-order valence-electron chi connectivity index (χ0n) is 7.87. The van der Waals surface area contributed by atoms with Gasteiger partial charge >= 0.3 is 5.97 Å². The summed E-state index contributed by atoms with van der Waals surface area (Å²) in [6, 6.07) is 0. The third kappa shape index (κ3) is 1.36. The monoisotopic (exact) mass is 203 g/mol. The highest BCUT2D eigenvalue weighted by Gasteiger charge is 2.55. The molecule has 1 rings (SSSR count). The molecule has 0 spiro atoms. The number of hydrogen-bond acceptors (Lipinski definition) is 4. The summed E-state index contributed by atoms with van der Waals surface area (Å²) in [6.45, 7) is 1.03. The lowest BCUT2D eigenvalue weighted by atomic mass is 10.2. The zero-order chi connectivity index (χ0) is 10.9. The van der Waals surface area contributed by atoms with Crippen molar-refractivity contribution >= 4 is 17.8 Å². The molecular weight excluding hydrogens is 193 g/mol. The molecular formula is C8H10FNO4. The Morgan fingerprint density at radius 2 is 2.14 bits per heavy atom. The maximum Gasteiger partial charge on any atom is 0.365 e. The first-order valence-corrected chi connectivity index (χ1v) is 4.04. The van der Waals surface area contributed by atoms with E-state index < -0.39 is 23.6 Å². The number of nitrogens with zero attached hydrogens (tertiary/aromatic N) is 1. The summed E-state index contributed by atoms with van der Waals surface area (Å²) in [5.41, 5.74) is 0. The summed E-state index contributed by atoms with van der Waals surface area (Å²) in [6.07, 6.45) is -0.497. The lowest BCUT2D eigenvalue weighted by Crippen LogP contribution is -2.51. The Labute approximate surface area is 79.8 Å². The van der Waals surface area contributed by atoms with Gasteiger partial charge in [-0.05, 0) is 0 Å². The molecule has 0 aromatic rings. The fraction of sp³-hybridized carbons (Fsp3) is 0.625. The average Bonchev–Trinajstić information content (AvgIpc) is 2.42. The predicted molar refractivity (Wildman–Crippen MR) is 42.6 cm³/mol. The fourth-order valence-electron chi connectivity index (χ4n) is 1.47. The molecule has 0 N–H and O–H groups in total. The fourth-order valence-corrected chi connectivity index (χ4v) is 1.47. The molecule has 1 atom stereocenters. The van der Waals surface area contributed by atoms with Crippen LogP contribution in [0.4, 0.5) is 4.39 Å². The molecule has 0 bridgehead atoms. The predicted octanol–water partition coefficient (Wildman–Crippen LogP) is -0.00590. The Morgan fingerprint density at radius 3 is 2.57 bits per heavy atom. The van der Waals surface area contributed by atoms with Crippen molar-refractivity contribution in [2.75, 3.05) is 7.11 Å². The maximum atomic E-state index is 13.9. The van der Waals surface area contributed by atoms with Crippen molar-refractivity contribution in [3.63, 3.8) is 0 Å². The van der Waals surface area contributed by atoms with Crippen LogP contribution in [0, 0.1) is 0 Å². The SMILES string of the molecule is COC(=O)C1(F)CCC(=O)N1C(C)=O. The van der Waals surface area contributed by atoms with Crippen molar-refractivity contribution in [1.82, 2.24) is 4.90 Å². The van der Waals surface area contributed by atoms with Gasteiger partial charge in [0.2, 0.25) is 11.8 Å². The number of ether oxygens (including phenoxy) is 1. The molecule has 1 saturated heterocycles. The van der Waals surface area contributed by atoms with E-state index in [4.69, 9.17) is 0 Å². The number of methoxy groups -OCH3 is 1. The van der Waals surface area contributed by atoms with E-state index in [1.54, 1.807) is 0 Å². The first-order valence-electron chi connectivity index (χ1n) is 4.04. The number of alkyl halides is 1. The lowest BCUT2D eigenvalue weighted by molar-refractivity contribution is -0.175. The van der Waals surface area contributed by atoms with Crippen LogP contribution in [0.2, 0.25) is 0 Å². The van der Waals surface area contributed by atoms with Crippen LogP contribution in [0.15, 0.2) is 0 Å². The number of esters is 1.